The summed E-state index contributed by atoms with van der Waals surface area (Å²) in [5.74, 6) is 0.869. The third kappa shape index (κ3) is 4.23. The fourth-order valence-electron chi connectivity index (χ4n) is 3.25. The summed E-state index contributed by atoms with van der Waals surface area (Å²) < 4.78 is 5.97. The van der Waals surface area contributed by atoms with Gasteiger partial charge in [-0.2, -0.15) is 0 Å². The van der Waals surface area contributed by atoms with Gasteiger partial charge in [0.25, 0.3) is 0 Å². The van der Waals surface area contributed by atoms with Crippen molar-refractivity contribution in [3.63, 3.8) is 0 Å². The molecule has 2 nitrogen and oxygen atoms in total. The molecule has 0 bridgehead atoms. The van der Waals surface area contributed by atoms with Crippen LogP contribution in [0.4, 0.5) is 0 Å². The molecule has 0 aromatic rings. The first-order valence-corrected chi connectivity index (χ1v) is 8.45. The van der Waals surface area contributed by atoms with E-state index >= 15 is 0 Å². The van der Waals surface area contributed by atoms with Crippen LogP contribution in [0.1, 0.15) is 86.5 Å². The van der Waals surface area contributed by atoms with Crippen LogP contribution in [0.15, 0.2) is 0 Å². The number of carbonyl (C=O) groups excluding carboxylic acids is 1. The maximum Gasteiger partial charge on any atom is 0.312 e. The van der Waals surface area contributed by atoms with Crippen LogP contribution in [0.2, 0.25) is 0 Å². The first-order chi connectivity index (χ1) is 9.21. The summed E-state index contributed by atoms with van der Waals surface area (Å²) in [5.41, 5.74) is -0.706. The molecule has 20 heavy (non-hydrogen) atoms. The van der Waals surface area contributed by atoms with Crippen molar-refractivity contribution in [2.45, 2.75) is 92.1 Å². The zero-order chi connectivity index (χ0) is 15.4. The smallest absolute Gasteiger partial charge is 0.312 e. The van der Waals surface area contributed by atoms with E-state index in [9.17, 15) is 4.79 Å². The lowest BCUT2D eigenvalue weighted by atomic mass is 9.76. The monoisotopic (exact) mass is 282 g/mol. The molecule has 1 rings (SSSR count). The molecule has 0 aliphatic heterocycles. The third-order valence-electron chi connectivity index (χ3n) is 5.42. The summed E-state index contributed by atoms with van der Waals surface area (Å²) in [5, 5.41) is 0. The largest absolute Gasteiger partial charge is 0.459 e. The highest BCUT2D eigenvalue weighted by Gasteiger charge is 2.41. The number of esters is 1. The summed E-state index contributed by atoms with van der Waals surface area (Å²) in [6, 6.07) is 0. The maximum atomic E-state index is 12.6. The molecule has 0 heterocycles. The van der Waals surface area contributed by atoms with Gasteiger partial charge >= 0.3 is 5.97 Å². The van der Waals surface area contributed by atoms with E-state index in [0.717, 1.165) is 12.8 Å². The lowest BCUT2D eigenvalue weighted by molar-refractivity contribution is -0.176. The van der Waals surface area contributed by atoms with Gasteiger partial charge in [0.15, 0.2) is 0 Å². The van der Waals surface area contributed by atoms with Crippen LogP contribution < -0.4 is 0 Å². The summed E-state index contributed by atoms with van der Waals surface area (Å²) in [7, 11) is 0. The topological polar surface area (TPSA) is 26.3 Å². The maximum absolute atomic E-state index is 12.6. The molecule has 0 amide bonds. The molecule has 0 N–H and O–H groups in total. The van der Waals surface area contributed by atoms with Gasteiger partial charge < -0.3 is 4.74 Å². The Balaban J connectivity index is 2.67. The molecule has 1 atom stereocenters. The highest BCUT2D eigenvalue weighted by Crippen LogP contribution is 2.38. The van der Waals surface area contributed by atoms with Crippen LogP contribution in [0.3, 0.4) is 0 Å². The normalized spacial score (nSPS) is 19.7. The molecule has 0 aromatic heterocycles. The minimum atomic E-state index is -0.387. The van der Waals surface area contributed by atoms with E-state index in [1.807, 2.05) is 13.8 Å². The Morgan fingerprint density at radius 2 is 1.70 bits per heavy atom. The van der Waals surface area contributed by atoms with Crippen molar-refractivity contribution in [1.29, 1.82) is 0 Å². The van der Waals surface area contributed by atoms with Crippen LogP contribution in [-0.2, 0) is 9.53 Å². The second kappa shape index (κ2) is 6.95. The minimum Gasteiger partial charge on any atom is -0.459 e. The average Bonchev–Trinajstić information content (AvgIpc) is 2.39. The van der Waals surface area contributed by atoms with Gasteiger partial charge in [0, 0.05) is 0 Å². The van der Waals surface area contributed by atoms with Gasteiger partial charge in [-0.1, -0.05) is 39.5 Å². The Morgan fingerprint density at radius 3 is 2.20 bits per heavy atom. The fraction of sp³-hybridized carbons (Fsp3) is 0.944. The molecule has 1 fully saturated rings. The predicted octanol–water partition coefficient (Wildman–Crippen LogP) is 5.35. The van der Waals surface area contributed by atoms with Crippen molar-refractivity contribution in [1.82, 2.24) is 0 Å². The molecular formula is C18H34O2. The molecular weight excluding hydrogens is 248 g/mol. The number of hydrogen-bond donors (Lipinski definition) is 0. The van der Waals surface area contributed by atoms with Crippen molar-refractivity contribution in [2.24, 2.45) is 17.3 Å². The average molecular weight is 282 g/mol. The van der Waals surface area contributed by atoms with E-state index in [1.165, 1.54) is 32.1 Å². The lowest BCUT2D eigenvalue weighted by Crippen LogP contribution is -2.43. The summed E-state index contributed by atoms with van der Waals surface area (Å²) in [6.07, 6.45) is 8.48. The summed E-state index contributed by atoms with van der Waals surface area (Å²) >= 11 is 0. The summed E-state index contributed by atoms with van der Waals surface area (Å²) in [4.78, 5) is 12.6. The zero-order valence-electron chi connectivity index (χ0n) is 14.4. The van der Waals surface area contributed by atoms with Gasteiger partial charge in [-0.05, 0) is 58.8 Å². The molecule has 0 saturated heterocycles. The third-order valence-corrected chi connectivity index (χ3v) is 5.42. The van der Waals surface area contributed by atoms with Crippen molar-refractivity contribution in [3.05, 3.63) is 0 Å². The molecule has 1 aliphatic carbocycles. The summed E-state index contributed by atoms with van der Waals surface area (Å²) in [6.45, 7) is 12.6. The van der Waals surface area contributed by atoms with Gasteiger partial charge in [0.2, 0.25) is 0 Å². The van der Waals surface area contributed by atoms with Gasteiger partial charge in [-0.3, -0.25) is 4.79 Å². The van der Waals surface area contributed by atoms with Crippen molar-refractivity contribution in [3.8, 4) is 0 Å². The van der Waals surface area contributed by atoms with Gasteiger partial charge in [0.05, 0.1) is 5.41 Å². The minimum absolute atomic E-state index is 0.0194. The number of ether oxygens (including phenoxy) is 1. The molecule has 1 aliphatic rings. The van der Waals surface area contributed by atoms with Crippen LogP contribution >= 0.6 is 0 Å². The molecule has 1 saturated carbocycles. The molecule has 2 heteroatoms. The second-order valence-corrected chi connectivity index (χ2v) is 7.74. The van der Waals surface area contributed by atoms with Crippen molar-refractivity contribution < 1.29 is 9.53 Å². The lowest BCUT2D eigenvalue weighted by Gasteiger charge is -2.40. The van der Waals surface area contributed by atoms with E-state index in [2.05, 4.69) is 27.7 Å². The van der Waals surface area contributed by atoms with E-state index in [-0.39, 0.29) is 17.0 Å². The second-order valence-electron chi connectivity index (χ2n) is 7.74. The van der Waals surface area contributed by atoms with Crippen LogP contribution in [-0.4, -0.2) is 11.6 Å². The first kappa shape index (κ1) is 17.5. The van der Waals surface area contributed by atoms with Gasteiger partial charge in [-0.15, -0.1) is 0 Å². The standard InChI is InChI=1S/C18H34O2/c1-7-11-14(2)17(3,4)16(19)20-18(5,6)15-12-9-8-10-13-15/h14-15H,7-13H2,1-6H3. The Kier molecular flexibility index (Phi) is 6.09. The molecule has 0 aromatic carbocycles. The molecule has 118 valence electrons. The van der Waals surface area contributed by atoms with Gasteiger partial charge in [-0.25, -0.2) is 0 Å². The Hall–Kier alpha value is -0.530. The number of carbonyl (C=O) groups is 1. The number of rotatable bonds is 6. The predicted molar refractivity (Wildman–Crippen MR) is 84.6 cm³/mol. The zero-order valence-corrected chi connectivity index (χ0v) is 14.4. The van der Waals surface area contributed by atoms with E-state index < -0.39 is 0 Å². The molecule has 0 spiro atoms. The van der Waals surface area contributed by atoms with E-state index in [0.29, 0.717) is 11.8 Å². The van der Waals surface area contributed by atoms with E-state index in [4.69, 9.17) is 4.74 Å². The van der Waals surface area contributed by atoms with Crippen molar-refractivity contribution >= 4 is 5.97 Å². The Labute approximate surface area is 125 Å². The number of hydrogen-bond acceptors (Lipinski definition) is 2. The Morgan fingerprint density at radius 1 is 1.15 bits per heavy atom. The van der Waals surface area contributed by atoms with Crippen LogP contribution in [0.25, 0.3) is 0 Å². The SMILES string of the molecule is CCCC(C)C(C)(C)C(=O)OC(C)(C)C1CCCCC1. The molecule has 0 radical (unpaired) electrons. The van der Waals surface area contributed by atoms with Crippen molar-refractivity contribution in [2.75, 3.05) is 0 Å². The highest BCUT2D eigenvalue weighted by atomic mass is 16.6. The molecule has 1 unspecified atom stereocenters. The fourth-order valence-corrected chi connectivity index (χ4v) is 3.25. The highest BCUT2D eigenvalue weighted by molar-refractivity contribution is 5.76. The van der Waals surface area contributed by atoms with Crippen LogP contribution in [0.5, 0.6) is 0 Å². The Bertz CT molecular complexity index is 311. The van der Waals surface area contributed by atoms with E-state index in [1.54, 1.807) is 0 Å². The first-order valence-electron chi connectivity index (χ1n) is 8.45. The van der Waals surface area contributed by atoms with Gasteiger partial charge in [0.1, 0.15) is 5.60 Å². The van der Waals surface area contributed by atoms with Crippen LogP contribution in [0, 0.1) is 17.3 Å². The quantitative estimate of drug-likeness (QED) is 0.614.